The average molecular weight is 452 g/mol. The molecule has 0 heterocycles. The molecule has 0 bridgehead atoms. The van der Waals surface area contributed by atoms with Crippen molar-refractivity contribution in [3.8, 4) is 0 Å². The number of ether oxygens (including phenoxy) is 1. The number of carbonyl (C=O) groups excluding carboxylic acids is 3. The molecule has 2 rings (SSSR count). The summed E-state index contributed by atoms with van der Waals surface area (Å²) in [5.74, 6) is -0.726. The molecule has 2 aromatic carbocycles. The van der Waals surface area contributed by atoms with Gasteiger partial charge in [0.15, 0.2) is 0 Å². The molecule has 160 valence electrons. The van der Waals surface area contributed by atoms with Gasteiger partial charge >= 0.3 is 6.09 Å². The molecule has 30 heavy (non-hydrogen) atoms. The van der Waals surface area contributed by atoms with Gasteiger partial charge < -0.3 is 15.0 Å². The van der Waals surface area contributed by atoms with Crippen LogP contribution in [0.3, 0.4) is 0 Å². The number of anilines is 2. The van der Waals surface area contributed by atoms with E-state index in [1.807, 2.05) is 0 Å². The summed E-state index contributed by atoms with van der Waals surface area (Å²) in [6.07, 6.45) is -0.585. The number of amides is 3. The molecule has 0 fully saturated rings. The minimum atomic E-state index is -0.610. The molecule has 2 N–H and O–H groups in total. The van der Waals surface area contributed by atoms with Crippen LogP contribution in [0.2, 0.25) is 10.0 Å². The maximum Gasteiger partial charge on any atom is 0.412 e. The molecule has 0 atom stereocenters. The molecular weight excluding hydrogens is 429 g/mol. The number of benzene rings is 2. The third-order valence-electron chi connectivity index (χ3n) is 3.71. The summed E-state index contributed by atoms with van der Waals surface area (Å²) in [7, 11) is 1.52. The number of halogens is 2. The Hall–Kier alpha value is -2.77. The van der Waals surface area contributed by atoms with E-state index in [0.29, 0.717) is 27.0 Å². The molecule has 0 aliphatic carbocycles. The molecule has 0 aliphatic heterocycles. The van der Waals surface area contributed by atoms with Crippen molar-refractivity contribution in [2.75, 3.05) is 24.2 Å². The van der Waals surface area contributed by atoms with Crippen molar-refractivity contribution in [3.63, 3.8) is 0 Å². The van der Waals surface area contributed by atoms with E-state index in [4.69, 9.17) is 27.9 Å². The van der Waals surface area contributed by atoms with Crippen molar-refractivity contribution in [1.82, 2.24) is 4.90 Å². The summed E-state index contributed by atoms with van der Waals surface area (Å²) in [6.45, 7) is 5.14. The second kappa shape index (κ2) is 9.82. The largest absolute Gasteiger partial charge is 0.444 e. The van der Waals surface area contributed by atoms with Crippen LogP contribution in [0, 0.1) is 0 Å². The zero-order valence-electron chi connectivity index (χ0n) is 17.1. The standard InChI is InChI=1S/C21H23Cl2N3O4/c1-21(2,3)30-20(29)25-14-7-5-13(6-8-14)19(28)26(4)12-18(27)24-15-9-10-16(22)17(23)11-15/h5-11H,12H2,1-4H3,(H,24,27)(H,25,29). The summed E-state index contributed by atoms with van der Waals surface area (Å²) < 4.78 is 5.18. The highest BCUT2D eigenvalue weighted by molar-refractivity contribution is 6.42. The van der Waals surface area contributed by atoms with Gasteiger partial charge in [0.25, 0.3) is 5.91 Å². The second-order valence-corrected chi connectivity index (χ2v) is 8.36. The fraction of sp³-hybridized carbons (Fsp3) is 0.286. The lowest BCUT2D eigenvalue weighted by Crippen LogP contribution is -2.34. The molecular formula is C21H23Cl2N3O4. The summed E-state index contributed by atoms with van der Waals surface area (Å²) >= 11 is 11.8. The number of hydrogen-bond acceptors (Lipinski definition) is 4. The molecule has 2 aromatic rings. The Labute approximate surface area is 185 Å². The van der Waals surface area contributed by atoms with Gasteiger partial charge in [-0.25, -0.2) is 4.79 Å². The van der Waals surface area contributed by atoms with Crippen LogP contribution in [-0.2, 0) is 9.53 Å². The van der Waals surface area contributed by atoms with E-state index < -0.39 is 11.7 Å². The molecule has 0 spiro atoms. The zero-order chi connectivity index (χ0) is 22.5. The molecule has 7 nitrogen and oxygen atoms in total. The fourth-order valence-electron chi connectivity index (χ4n) is 2.40. The minimum Gasteiger partial charge on any atom is -0.444 e. The van der Waals surface area contributed by atoms with Gasteiger partial charge in [-0.15, -0.1) is 0 Å². The smallest absolute Gasteiger partial charge is 0.412 e. The maximum atomic E-state index is 12.5. The Morgan fingerprint density at radius 1 is 0.933 bits per heavy atom. The Morgan fingerprint density at radius 3 is 2.10 bits per heavy atom. The van der Waals surface area contributed by atoms with E-state index in [1.165, 1.54) is 18.0 Å². The summed E-state index contributed by atoms with van der Waals surface area (Å²) in [5, 5.41) is 5.95. The van der Waals surface area contributed by atoms with Gasteiger partial charge in [-0.3, -0.25) is 14.9 Å². The van der Waals surface area contributed by atoms with E-state index in [2.05, 4.69) is 10.6 Å². The maximum absolute atomic E-state index is 12.5. The van der Waals surface area contributed by atoms with E-state index in [9.17, 15) is 14.4 Å². The first kappa shape index (κ1) is 23.5. The summed E-state index contributed by atoms with van der Waals surface area (Å²) in [4.78, 5) is 37.8. The monoisotopic (exact) mass is 451 g/mol. The van der Waals surface area contributed by atoms with E-state index in [-0.39, 0.29) is 18.4 Å². The van der Waals surface area contributed by atoms with E-state index >= 15 is 0 Å². The van der Waals surface area contributed by atoms with Crippen LogP contribution in [0.4, 0.5) is 16.2 Å². The van der Waals surface area contributed by atoms with Crippen molar-refractivity contribution in [1.29, 1.82) is 0 Å². The Kier molecular flexibility index (Phi) is 7.70. The molecule has 0 aliphatic rings. The van der Waals surface area contributed by atoms with Crippen LogP contribution in [-0.4, -0.2) is 42.0 Å². The third kappa shape index (κ3) is 7.24. The second-order valence-electron chi connectivity index (χ2n) is 7.54. The zero-order valence-corrected chi connectivity index (χ0v) is 18.6. The Balaban J connectivity index is 1.92. The van der Waals surface area contributed by atoms with Crippen LogP contribution in [0.5, 0.6) is 0 Å². The number of carbonyl (C=O) groups is 3. The minimum absolute atomic E-state index is 0.156. The lowest BCUT2D eigenvalue weighted by atomic mass is 10.2. The van der Waals surface area contributed by atoms with Crippen LogP contribution in [0.25, 0.3) is 0 Å². The lowest BCUT2D eigenvalue weighted by Gasteiger charge is -2.20. The van der Waals surface area contributed by atoms with Gasteiger partial charge in [0.2, 0.25) is 5.91 Å². The highest BCUT2D eigenvalue weighted by atomic mass is 35.5. The van der Waals surface area contributed by atoms with Crippen LogP contribution >= 0.6 is 23.2 Å². The molecule has 0 saturated heterocycles. The van der Waals surface area contributed by atoms with Crippen molar-refractivity contribution < 1.29 is 19.1 Å². The molecule has 3 amide bonds. The fourth-order valence-corrected chi connectivity index (χ4v) is 2.70. The summed E-state index contributed by atoms with van der Waals surface area (Å²) in [6, 6.07) is 11.0. The summed E-state index contributed by atoms with van der Waals surface area (Å²) in [5.41, 5.74) is 0.726. The number of likely N-dealkylation sites (N-methyl/N-ethyl adjacent to an activating group) is 1. The van der Waals surface area contributed by atoms with Crippen molar-refractivity contribution in [2.45, 2.75) is 26.4 Å². The number of rotatable bonds is 5. The first-order chi connectivity index (χ1) is 13.9. The van der Waals surface area contributed by atoms with Crippen molar-refractivity contribution in [2.24, 2.45) is 0 Å². The first-order valence-corrected chi connectivity index (χ1v) is 9.80. The van der Waals surface area contributed by atoms with Crippen molar-refractivity contribution in [3.05, 3.63) is 58.1 Å². The predicted octanol–water partition coefficient (Wildman–Crippen LogP) is 5.05. The average Bonchev–Trinajstić information content (AvgIpc) is 2.63. The molecule has 0 saturated carbocycles. The third-order valence-corrected chi connectivity index (χ3v) is 4.45. The van der Waals surface area contributed by atoms with Crippen molar-refractivity contribution >= 4 is 52.5 Å². The van der Waals surface area contributed by atoms with Crippen LogP contribution in [0.1, 0.15) is 31.1 Å². The highest BCUT2D eigenvalue weighted by Crippen LogP contribution is 2.25. The van der Waals surface area contributed by atoms with Crippen LogP contribution < -0.4 is 10.6 Å². The SMILES string of the molecule is CN(CC(=O)Nc1ccc(Cl)c(Cl)c1)C(=O)c1ccc(NC(=O)OC(C)(C)C)cc1. The van der Waals surface area contributed by atoms with Crippen LogP contribution in [0.15, 0.2) is 42.5 Å². The van der Waals surface area contributed by atoms with E-state index in [0.717, 1.165) is 0 Å². The highest BCUT2D eigenvalue weighted by Gasteiger charge is 2.18. The Morgan fingerprint density at radius 2 is 1.53 bits per heavy atom. The number of hydrogen-bond donors (Lipinski definition) is 2. The van der Waals surface area contributed by atoms with Gasteiger partial charge in [0.05, 0.1) is 16.6 Å². The lowest BCUT2D eigenvalue weighted by molar-refractivity contribution is -0.116. The van der Waals surface area contributed by atoms with Gasteiger partial charge in [0.1, 0.15) is 5.60 Å². The van der Waals surface area contributed by atoms with Gasteiger partial charge in [-0.2, -0.15) is 0 Å². The van der Waals surface area contributed by atoms with Gasteiger partial charge in [0, 0.05) is 24.0 Å². The number of nitrogens with zero attached hydrogens (tertiary/aromatic N) is 1. The van der Waals surface area contributed by atoms with Gasteiger partial charge in [-0.05, 0) is 63.2 Å². The molecule has 0 aromatic heterocycles. The molecule has 0 radical (unpaired) electrons. The predicted molar refractivity (Wildman–Crippen MR) is 118 cm³/mol. The quantitative estimate of drug-likeness (QED) is 0.665. The first-order valence-electron chi connectivity index (χ1n) is 9.05. The molecule has 0 unspecified atom stereocenters. The molecule has 9 heteroatoms. The number of nitrogens with one attached hydrogen (secondary N) is 2. The van der Waals surface area contributed by atoms with Gasteiger partial charge in [-0.1, -0.05) is 23.2 Å². The van der Waals surface area contributed by atoms with E-state index in [1.54, 1.807) is 57.2 Å². The Bertz CT molecular complexity index is 940. The topological polar surface area (TPSA) is 87.7 Å². The normalized spacial score (nSPS) is 10.9.